The number of fused-ring (bicyclic) bond motifs is 3. The minimum atomic E-state index is -0.473. The molecule has 1 aliphatic rings. The van der Waals surface area contributed by atoms with Gasteiger partial charge in [-0.3, -0.25) is 15.1 Å². The highest BCUT2D eigenvalue weighted by Gasteiger charge is 2.22. The molecule has 4 aromatic carbocycles. The predicted octanol–water partition coefficient (Wildman–Crippen LogP) is 6.04. The van der Waals surface area contributed by atoms with Crippen LogP contribution in [0.4, 0.5) is 11.4 Å². The molecular formula is C25H15N3O5. The van der Waals surface area contributed by atoms with Crippen molar-refractivity contribution in [2.75, 3.05) is 6.79 Å². The van der Waals surface area contributed by atoms with Crippen LogP contribution in [0.5, 0.6) is 11.5 Å². The lowest BCUT2D eigenvalue weighted by molar-refractivity contribution is -0.385. The second-order valence-corrected chi connectivity index (χ2v) is 7.51. The van der Waals surface area contributed by atoms with E-state index >= 15 is 0 Å². The van der Waals surface area contributed by atoms with Crippen molar-refractivity contribution in [3.05, 3.63) is 88.5 Å². The highest BCUT2D eigenvalue weighted by atomic mass is 16.7. The molecule has 0 atom stereocenters. The Morgan fingerprint density at radius 3 is 2.61 bits per heavy atom. The maximum atomic E-state index is 11.5. The monoisotopic (exact) mass is 437 g/mol. The number of nitro groups is 1. The average Bonchev–Trinajstić information content (AvgIpc) is 3.47. The minimum Gasteiger partial charge on any atom is -0.454 e. The van der Waals surface area contributed by atoms with Gasteiger partial charge in [0.1, 0.15) is 5.52 Å². The highest BCUT2D eigenvalue weighted by molar-refractivity contribution is 5.90. The van der Waals surface area contributed by atoms with Crippen LogP contribution in [0.25, 0.3) is 33.3 Å². The van der Waals surface area contributed by atoms with Crippen molar-refractivity contribution in [2.45, 2.75) is 0 Å². The van der Waals surface area contributed by atoms with Gasteiger partial charge in [-0.1, -0.05) is 30.3 Å². The Morgan fingerprint density at radius 2 is 1.76 bits per heavy atom. The van der Waals surface area contributed by atoms with Gasteiger partial charge >= 0.3 is 0 Å². The summed E-state index contributed by atoms with van der Waals surface area (Å²) in [5.41, 5.74) is 2.95. The standard InChI is InChI=1S/C25H15N3O5/c29-28(30)21-12-24-23(31-14-32-24)10-18(21)13-26-19-7-8-20-22(11-19)33-25(27-20)17-6-5-15-3-1-2-4-16(15)9-17/h1-13H,14H2. The molecule has 0 bridgehead atoms. The zero-order valence-corrected chi connectivity index (χ0v) is 17.1. The number of nitrogens with zero attached hydrogens (tertiary/aromatic N) is 3. The molecule has 160 valence electrons. The predicted molar refractivity (Wildman–Crippen MR) is 123 cm³/mol. The van der Waals surface area contributed by atoms with Crippen molar-refractivity contribution < 1.29 is 18.8 Å². The summed E-state index contributed by atoms with van der Waals surface area (Å²) in [6.07, 6.45) is 1.43. The molecule has 0 saturated carbocycles. The van der Waals surface area contributed by atoms with Crippen LogP contribution in [-0.4, -0.2) is 22.9 Å². The van der Waals surface area contributed by atoms with E-state index in [4.69, 9.17) is 13.9 Å². The van der Waals surface area contributed by atoms with E-state index in [1.165, 1.54) is 12.3 Å². The first-order chi connectivity index (χ1) is 16.1. The second kappa shape index (κ2) is 7.45. The van der Waals surface area contributed by atoms with Gasteiger partial charge in [0, 0.05) is 17.8 Å². The number of nitro benzene ring substituents is 1. The zero-order valence-electron chi connectivity index (χ0n) is 17.1. The largest absolute Gasteiger partial charge is 0.454 e. The smallest absolute Gasteiger partial charge is 0.282 e. The number of benzene rings is 4. The summed E-state index contributed by atoms with van der Waals surface area (Å²) in [4.78, 5) is 20.0. The summed E-state index contributed by atoms with van der Waals surface area (Å²) in [6, 6.07) is 22.4. The molecule has 5 aromatic rings. The number of aromatic nitrogens is 1. The fraction of sp³-hybridized carbons (Fsp3) is 0.0400. The Hall–Kier alpha value is -4.72. The number of hydrogen-bond donors (Lipinski definition) is 0. The van der Waals surface area contributed by atoms with Crippen molar-refractivity contribution >= 4 is 39.5 Å². The lowest BCUT2D eigenvalue weighted by Crippen LogP contribution is -1.94. The van der Waals surface area contributed by atoms with Gasteiger partial charge in [-0.25, -0.2) is 4.98 Å². The van der Waals surface area contributed by atoms with Gasteiger partial charge < -0.3 is 13.9 Å². The highest BCUT2D eigenvalue weighted by Crippen LogP contribution is 2.37. The van der Waals surface area contributed by atoms with Crippen LogP contribution in [0, 0.1) is 10.1 Å². The van der Waals surface area contributed by atoms with Gasteiger partial charge in [-0.15, -0.1) is 0 Å². The molecule has 8 heteroatoms. The van der Waals surface area contributed by atoms with E-state index in [1.807, 2.05) is 42.5 Å². The van der Waals surface area contributed by atoms with E-state index in [-0.39, 0.29) is 12.5 Å². The molecule has 6 rings (SSSR count). The Bertz CT molecular complexity index is 1590. The Balaban J connectivity index is 1.34. The normalized spacial score (nSPS) is 12.7. The van der Waals surface area contributed by atoms with Crippen LogP contribution < -0.4 is 9.47 Å². The molecule has 0 saturated heterocycles. The Morgan fingerprint density at radius 1 is 0.939 bits per heavy atom. The molecule has 8 nitrogen and oxygen atoms in total. The lowest BCUT2D eigenvalue weighted by atomic mass is 10.1. The van der Waals surface area contributed by atoms with Crippen LogP contribution in [0.2, 0.25) is 0 Å². The van der Waals surface area contributed by atoms with Gasteiger partial charge in [-0.2, -0.15) is 0 Å². The molecule has 2 heterocycles. The molecule has 1 aromatic heterocycles. The third-order valence-corrected chi connectivity index (χ3v) is 5.44. The molecular weight excluding hydrogens is 422 g/mol. The topological polar surface area (TPSA) is 100.0 Å². The van der Waals surface area contributed by atoms with Crippen molar-refractivity contribution in [3.8, 4) is 23.0 Å². The summed E-state index contributed by atoms with van der Waals surface area (Å²) in [6.45, 7) is 0.0365. The first-order valence-corrected chi connectivity index (χ1v) is 10.2. The summed E-state index contributed by atoms with van der Waals surface area (Å²) in [5, 5.41) is 13.7. The summed E-state index contributed by atoms with van der Waals surface area (Å²) in [5.74, 6) is 1.32. The number of oxazole rings is 1. The van der Waals surface area contributed by atoms with E-state index in [2.05, 4.69) is 16.0 Å². The maximum Gasteiger partial charge on any atom is 0.282 e. The minimum absolute atomic E-state index is 0.0365. The van der Waals surface area contributed by atoms with Crippen LogP contribution in [0.3, 0.4) is 0 Å². The zero-order chi connectivity index (χ0) is 22.4. The number of aliphatic imine (C=N–C) groups is 1. The van der Waals surface area contributed by atoms with E-state index in [0.717, 1.165) is 16.3 Å². The SMILES string of the molecule is O=[N+]([O-])c1cc2c(cc1C=Nc1ccc3nc(-c4ccc5ccccc5c4)oc3c1)OCO2. The van der Waals surface area contributed by atoms with Crippen LogP contribution in [0.1, 0.15) is 5.56 Å². The molecule has 0 amide bonds. The van der Waals surface area contributed by atoms with Crippen LogP contribution in [-0.2, 0) is 0 Å². The van der Waals surface area contributed by atoms with Crippen molar-refractivity contribution in [1.82, 2.24) is 4.98 Å². The van der Waals surface area contributed by atoms with E-state index in [9.17, 15) is 10.1 Å². The molecule has 0 aliphatic carbocycles. The number of hydrogen-bond acceptors (Lipinski definition) is 7. The second-order valence-electron chi connectivity index (χ2n) is 7.51. The molecule has 1 aliphatic heterocycles. The summed E-state index contributed by atoms with van der Waals surface area (Å²) in [7, 11) is 0. The number of rotatable bonds is 4. The molecule has 0 N–H and O–H groups in total. The third-order valence-electron chi connectivity index (χ3n) is 5.44. The fourth-order valence-corrected chi connectivity index (χ4v) is 3.79. The Kier molecular flexibility index (Phi) is 4.29. The summed E-state index contributed by atoms with van der Waals surface area (Å²) < 4.78 is 16.5. The first kappa shape index (κ1) is 19.0. The van der Waals surface area contributed by atoms with Crippen molar-refractivity contribution in [2.24, 2.45) is 4.99 Å². The van der Waals surface area contributed by atoms with Gasteiger partial charge in [0.25, 0.3) is 5.69 Å². The maximum absolute atomic E-state index is 11.5. The first-order valence-electron chi connectivity index (χ1n) is 10.2. The van der Waals surface area contributed by atoms with Crippen LogP contribution in [0.15, 0.2) is 82.2 Å². The number of ether oxygens (including phenoxy) is 2. The average molecular weight is 437 g/mol. The van der Waals surface area contributed by atoms with E-state index in [0.29, 0.717) is 39.7 Å². The van der Waals surface area contributed by atoms with Gasteiger partial charge in [0.05, 0.1) is 22.2 Å². The van der Waals surface area contributed by atoms with Gasteiger partial charge in [-0.05, 0) is 41.1 Å². The lowest BCUT2D eigenvalue weighted by Gasteiger charge is -2.00. The van der Waals surface area contributed by atoms with Crippen molar-refractivity contribution in [1.29, 1.82) is 0 Å². The molecule has 0 unspecified atom stereocenters. The Labute approximate surface area is 186 Å². The van der Waals surface area contributed by atoms with Gasteiger partial charge in [0.15, 0.2) is 17.1 Å². The third kappa shape index (κ3) is 3.43. The molecule has 33 heavy (non-hydrogen) atoms. The van der Waals surface area contributed by atoms with Crippen LogP contribution >= 0.6 is 0 Å². The van der Waals surface area contributed by atoms with Gasteiger partial charge in [0.2, 0.25) is 12.7 Å². The van der Waals surface area contributed by atoms with E-state index < -0.39 is 4.92 Å². The summed E-state index contributed by atoms with van der Waals surface area (Å²) >= 11 is 0. The molecule has 0 radical (unpaired) electrons. The molecule has 0 fully saturated rings. The van der Waals surface area contributed by atoms with Crippen molar-refractivity contribution in [3.63, 3.8) is 0 Å². The van der Waals surface area contributed by atoms with E-state index in [1.54, 1.807) is 18.2 Å². The fourth-order valence-electron chi connectivity index (χ4n) is 3.79. The quantitative estimate of drug-likeness (QED) is 0.193. The molecule has 0 spiro atoms.